The van der Waals surface area contributed by atoms with Crippen LogP contribution < -0.4 is 5.32 Å². The first-order valence-electron chi connectivity index (χ1n) is 4.12. The van der Waals surface area contributed by atoms with Crippen LogP contribution in [-0.2, 0) is 0 Å². The molecule has 11 heavy (non-hydrogen) atoms. The van der Waals surface area contributed by atoms with E-state index in [-0.39, 0.29) is 0 Å². The standard InChI is InChI=1S/C7H16N2.CH4O/c1-9(2)7-3-5-8-6-4-7;1-2/h7-8H,3-6H2,1-2H3;2H,1H3. The van der Waals surface area contributed by atoms with Crippen LogP contribution in [0, 0.1) is 0 Å². The van der Waals surface area contributed by atoms with E-state index in [0.29, 0.717) is 0 Å². The molecule has 1 aliphatic heterocycles. The van der Waals surface area contributed by atoms with Crippen molar-refractivity contribution >= 4 is 0 Å². The lowest BCUT2D eigenvalue weighted by atomic mass is 10.1. The highest BCUT2D eigenvalue weighted by Gasteiger charge is 2.13. The molecule has 0 bridgehead atoms. The van der Waals surface area contributed by atoms with Gasteiger partial charge in [-0.15, -0.1) is 0 Å². The molecule has 0 unspecified atom stereocenters. The first kappa shape index (κ1) is 10.9. The summed E-state index contributed by atoms with van der Waals surface area (Å²) in [6.07, 6.45) is 2.62. The third kappa shape index (κ3) is 4.35. The number of aliphatic hydroxyl groups excluding tert-OH is 1. The van der Waals surface area contributed by atoms with Gasteiger partial charge in [0.25, 0.3) is 0 Å². The van der Waals surface area contributed by atoms with Gasteiger partial charge < -0.3 is 15.3 Å². The van der Waals surface area contributed by atoms with Crippen LogP contribution in [0.3, 0.4) is 0 Å². The zero-order chi connectivity index (χ0) is 8.69. The summed E-state index contributed by atoms with van der Waals surface area (Å²) in [6, 6.07) is 0.825. The Morgan fingerprint density at radius 1 is 1.18 bits per heavy atom. The second-order valence-electron chi connectivity index (χ2n) is 2.94. The molecule has 0 aromatic rings. The summed E-state index contributed by atoms with van der Waals surface area (Å²) in [7, 11) is 5.33. The van der Waals surface area contributed by atoms with Gasteiger partial charge in [0.05, 0.1) is 0 Å². The molecule has 1 fully saturated rings. The summed E-state index contributed by atoms with van der Waals surface area (Å²) in [5.41, 5.74) is 0. The minimum absolute atomic E-state index is 0.825. The number of rotatable bonds is 1. The molecule has 0 radical (unpaired) electrons. The summed E-state index contributed by atoms with van der Waals surface area (Å²) in [6.45, 7) is 2.39. The fourth-order valence-electron chi connectivity index (χ4n) is 1.32. The average Bonchev–Trinajstić information content (AvgIpc) is 2.10. The minimum Gasteiger partial charge on any atom is -0.400 e. The van der Waals surface area contributed by atoms with E-state index >= 15 is 0 Å². The number of nitrogens with zero attached hydrogens (tertiary/aromatic N) is 1. The van der Waals surface area contributed by atoms with E-state index in [2.05, 4.69) is 24.3 Å². The monoisotopic (exact) mass is 160 g/mol. The quantitative estimate of drug-likeness (QED) is 0.562. The molecule has 1 rings (SSSR count). The molecule has 0 spiro atoms. The predicted molar refractivity (Wildman–Crippen MR) is 47.7 cm³/mol. The van der Waals surface area contributed by atoms with Crippen LogP contribution in [0.25, 0.3) is 0 Å². The minimum atomic E-state index is 0.825. The van der Waals surface area contributed by atoms with Gasteiger partial charge in [-0.2, -0.15) is 0 Å². The molecular weight excluding hydrogens is 140 g/mol. The first-order valence-corrected chi connectivity index (χ1v) is 4.12. The number of aliphatic hydroxyl groups is 1. The van der Waals surface area contributed by atoms with E-state index in [0.717, 1.165) is 13.2 Å². The van der Waals surface area contributed by atoms with Gasteiger partial charge in [-0.05, 0) is 40.0 Å². The lowest BCUT2D eigenvalue weighted by Crippen LogP contribution is -2.39. The molecule has 0 aliphatic carbocycles. The molecule has 3 nitrogen and oxygen atoms in total. The van der Waals surface area contributed by atoms with Gasteiger partial charge >= 0.3 is 0 Å². The normalized spacial score (nSPS) is 19.4. The van der Waals surface area contributed by atoms with Crippen molar-refractivity contribution in [3.63, 3.8) is 0 Å². The van der Waals surface area contributed by atoms with E-state index in [9.17, 15) is 0 Å². The average molecular weight is 160 g/mol. The van der Waals surface area contributed by atoms with Gasteiger partial charge in [0, 0.05) is 13.2 Å². The van der Waals surface area contributed by atoms with Gasteiger partial charge in [-0.3, -0.25) is 0 Å². The maximum atomic E-state index is 7.00. The van der Waals surface area contributed by atoms with Gasteiger partial charge in [0.15, 0.2) is 0 Å². The van der Waals surface area contributed by atoms with Crippen LogP contribution >= 0.6 is 0 Å². The summed E-state index contributed by atoms with van der Waals surface area (Å²) >= 11 is 0. The number of hydrogen-bond donors (Lipinski definition) is 2. The molecule has 1 aliphatic rings. The van der Waals surface area contributed by atoms with E-state index in [1.807, 2.05) is 0 Å². The number of piperidine rings is 1. The predicted octanol–water partition coefficient (Wildman–Crippen LogP) is -0.0915. The molecule has 3 heteroatoms. The maximum Gasteiger partial charge on any atom is 0.0319 e. The second-order valence-corrected chi connectivity index (χ2v) is 2.94. The lowest BCUT2D eigenvalue weighted by molar-refractivity contribution is 0.238. The third-order valence-electron chi connectivity index (χ3n) is 2.04. The van der Waals surface area contributed by atoms with Crippen molar-refractivity contribution in [3.05, 3.63) is 0 Å². The van der Waals surface area contributed by atoms with Crippen molar-refractivity contribution in [2.75, 3.05) is 34.3 Å². The Morgan fingerprint density at radius 2 is 1.64 bits per heavy atom. The van der Waals surface area contributed by atoms with Crippen molar-refractivity contribution in [3.8, 4) is 0 Å². The fourth-order valence-corrected chi connectivity index (χ4v) is 1.32. The van der Waals surface area contributed by atoms with Gasteiger partial charge in [-0.25, -0.2) is 0 Å². The van der Waals surface area contributed by atoms with Crippen molar-refractivity contribution in [2.24, 2.45) is 0 Å². The highest BCUT2D eigenvalue weighted by Crippen LogP contribution is 2.06. The van der Waals surface area contributed by atoms with Crippen molar-refractivity contribution in [1.29, 1.82) is 0 Å². The van der Waals surface area contributed by atoms with Crippen molar-refractivity contribution in [1.82, 2.24) is 10.2 Å². The summed E-state index contributed by atoms with van der Waals surface area (Å²) in [4.78, 5) is 2.32. The lowest BCUT2D eigenvalue weighted by Gasteiger charge is -2.28. The van der Waals surface area contributed by atoms with E-state index in [1.54, 1.807) is 0 Å². The Balaban J connectivity index is 0.000000461. The maximum absolute atomic E-state index is 7.00. The molecule has 0 saturated carbocycles. The summed E-state index contributed by atoms with van der Waals surface area (Å²) < 4.78 is 0. The largest absolute Gasteiger partial charge is 0.400 e. The Labute approximate surface area is 69.4 Å². The number of nitrogens with one attached hydrogen (secondary N) is 1. The van der Waals surface area contributed by atoms with Crippen LogP contribution in [0.1, 0.15) is 12.8 Å². The first-order chi connectivity index (χ1) is 5.30. The van der Waals surface area contributed by atoms with Gasteiger partial charge in [0.1, 0.15) is 0 Å². The molecule has 0 aromatic carbocycles. The van der Waals surface area contributed by atoms with E-state index < -0.39 is 0 Å². The molecule has 0 amide bonds. The van der Waals surface area contributed by atoms with Crippen LogP contribution in [-0.4, -0.2) is 50.3 Å². The van der Waals surface area contributed by atoms with Crippen molar-refractivity contribution < 1.29 is 5.11 Å². The van der Waals surface area contributed by atoms with Crippen LogP contribution in [0.15, 0.2) is 0 Å². The second kappa shape index (κ2) is 6.58. The third-order valence-corrected chi connectivity index (χ3v) is 2.04. The molecule has 0 atom stereocenters. The Kier molecular flexibility index (Phi) is 6.51. The Morgan fingerprint density at radius 3 is 1.91 bits per heavy atom. The summed E-state index contributed by atoms with van der Waals surface area (Å²) in [5.74, 6) is 0. The van der Waals surface area contributed by atoms with Crippen molar-refractivity contribution in [2.45, 2.75) is 18.9 Å². The number of hydrogen-bond acceptors (Lipinski definition) is 3. The summed E-state index contributed by atoms with van der Waals surface area (Å²) in [5, 5.41) is 10.3. The van der Waals surface area contributed by atoms with E-state index in [1.165, 1.54) is 25.9 Å². The smallest absolute Gasteiger partial charge is 0.0319 e. The SMILES string of the molecule is CN(C)C1CCNCC1.CO. The van der Waals surface area contributed by atoms with Gasteiger partial charge in [-0.1, -0.05) is 0 Å². The van der Waals surface area contributed by atoms with Gasteiger partial charge in [0.2, 0.25) is 0 Å². The zero-order valence-electron chi connectivity index (χ0n) is 7.80. The molecule has 0 aromatic heterocycles. The Hall–Kier alpha value is -0.120. The highest BCUT2D eigenvalue weighted by atomic mass is 16.2. The molecule has 68 valence electrons. The fraction of sp³-hybridized carbons (Fsp3) is 1.00. The topological polar surface area (TPSA) is 35.5 Å². The van der Waals surface area contributed by atoms with E-state index in [4.69, 9.17) is 5.11 Å². The molecule has 2 N–H and O–H groups in total. The molecular formula is C8H20N2O. The van der Waals surface area contributed by atoms with Crippen LogP contribution in [0.5, 0.6) is 0 Å². The van der Waals surface area contributed by atoms with Crippen LogP contribution in [0.4, 0.5) is 0 Å². The highest BCUT2D eigenvalue weighted by molar-refractivity contribution is 4.73. The van der Waals surface area contributed by atoms with Crippen LogP contribution in [0.2, 0.25) is 0 Å². The zero-order valence-corrected chi connectivity index (χ0v) is 7.80. The molecule has 1 heterocycles. The molecule has 1 saturated heterocycles. The Bertz CT molecular complexity index is 80.2.